The Bertz CT molecular complexity index is 962. The molecule has 2 aliphatic rings. The summed E-state index contributed by atoms with van der Waals surface area (Å²) in [6, 6.07) is 13.3. The largest absolute Gasteiger partial charge is 0.466 e. The smallest absolute Gasteiger partial charge is 0.310 e. The van der Waals surface area contributed by atoms with Crippen LogP contribution in [0.3, 0.4) is 0 Å². The highest BCUT2D eigenvalue weighted by Gasteiger charge is 2.34. The Kier molecular flexibility index (Phi) is 6.25. The summed E-state index contributed by atoms with van der Waals surface area (Å²) in [5.41, 5.74) is 1.62. The van der Waals surface area contributed by atoms with E-state index in [-0.39, 0.29) is 17.9 Å². The Morgan fingerprint density at radius 2 is 2.13 bits per heavy atom. The Morgan fingerprint density at radius 3 is 2.93 bits per heavy atom. The van der Waals surface area contributed by atoms with Crippen molar-refractivity contribution >= 4 is 29.1 Å². The molecular formula is C23H26ClN3O3. The van der Waals surface area contributed by atoms with Crippen LogP contribution in [0.5, 0.6) is 11.5 Å². The molecule has 2 aromatic carbocycles. The number of nitrogens with zero attached hydrogens (tertiary/aromatic N) is 2. The van der Waals surface area contributed by atoms with E-state index in [1.54, 1.807) is 6.07 Å². The fourth-order valence-electron chi connectivity index (χ4n) is 4.04. The number of rotatable bonds is 4. The first kappa shape index (κ1) is 20.7. The predicted molar refractivity (Wildman–Crippen MR) is 118 cm³/mol. The van der Waals surface area contributed by atoms with Gasteiger partial charge in [0.05, 0.1) is 18.1 Å². The molecule has 0 radical (unpaired) electrons. The van der Waals surface area contributed by atoms with Gasteiger partial charge in [0, 0.05) is 30.7 Å². The fraction of sp³-hybridized carbons (Fsp3) is 0.391. The van der Waals surface area contributed by atoms with Crippen molar-refractivity contribution < 1.29 is 14.3 Å². The zero-order valence-electron chi connectivity index (χ0n) is 17.2. The zero-order valence-corrected chi connectivity index (χ0v) is 18.0. The quantitative estimate of drug-likeness (QED) is 0.733. The van der Waals surface area contributed by atoms with Crippen LogP contribution in [0, 0.1) is 5.92 Å². The van der Waals surface area contributed by atoms with Gasteiger partial charge in [-0.2, -0.15) is 0 Å². The highest BCUT2D eigenvalue weighted by Crippen LogP contribution is 2.39. The summed E-state index contributed by atoms with van der Waals surface area (Å²) in [5, 5.41) is 4.11. The molecule has 1 saturated heterocycles. The minimum atomic E-state index is -0.202. The number of hydrogen-bond acceptors (Lipinski definition) is 6. The third-order valence-corrected chi connectivity index (χ3v) is 5.75. The van der Waals surface area contributed by atoms with Crippen LogP contribution in [0.4, 0.5) is 5.69 Å². The normalized spacial score (nSPS) is 19.0. The van der Waals surface area contributed by atoms with Gasteiger partial charge in [-0.3, -0.25) is 4.79 Å². The van der Waals surface area contributed by atoms with Gasteiger partial charge in [-0.05, 0) is 43.7 Å². The van der Waals surface area contributed by atoms with Crippen molar-refractivity contribution in [2.24, 2.45) is 10.9 Å². The average molecular weight is 428 g/mol. The Hall–Kier alpha value is -2.57. The number of piperazine rings is 1. The second kappa shape index (κ2) is 9.06. The average Bonchev–Trinajstić information content (AvgIpc) is 2.91. The van der Waals surface area contributed by atoms with Gasteiger partial charge in [0.2, 0.25) is 0 Å². The topological polar surface area (TPSA) is 63.2 Å². The SMILES string of the molecule is CCOC(=O)C(CC)C1CN(C2=Nc3cc(Cl)ccc3Oc3ccccc32)CCN1. The summed E-state index contributed by atoms with van der Waals surface area (Å²) in [4.78, 5) is 19.6. The number of ether oxygens (including phenoxy) is 2. The number of carbonyl (C=O) groups is 1. The summed E-state index contributed by atoms with van der Waals surface area (Å²) in [6.07, 6.45) is 0.717. The summed E-state index contributed by atoms with van der Waals surface area (Å²) >= 11 is 6.22. The monoisotopic (exact) mass is 427 g/mol. The summed E-state index contributed by atoms with van der Waals surface area (Å²) < 4.78 is 11.5. The molecule has 1 fully saturated rings. The number of carbonyl (C=O) groups excluding carboxylic acids is 1. The molecule has 0 aromatic heterocycles. The molecule has 7 heteroatoms. The number of esters is 1. The zero-order chi connectivity index (χ0) is 21.1. The molecule has 6 nitrogen and oxygen atoms in total. The van der Waals surface area contributed by atoms with Crippen molar-refractivity contribution in [2.45, 2.75) is 26.3 Å². The first-order valence-corrected chi connectivity index (χ1v) is 10.8. The Labute approximate surface area is 181 Å². The van der Waals surface area contributed by atoms with Crippen LogP contribution in [0.15, 0.2) is 47.5 Å². The lowest BCUT2D eigenvalue weighted by molar-refractivity contribution is -0.149. The molecule has 30 heavy (non-hydrogen) atoms. The number of fused-ring (bicyclic) bond motifs is 2. The molecule has 0 aliphatic carbocycles. The van der Waals surface area contributed by atoms with Gasteiger partial charge >= 0.3 is 5.97 Å². The maximum absolute atomic E-state index is 12.5. The molecule has 2 unspecified atom stereocenters. The van der Waals surface area contributed by atoms with Crippen LogP contribution < -0.4 is 10.1 Å². The standard InChI is InChI=1S/C23H26ClN3O3/c1-3-16(23(28)29-4-2)19-14-27(12-11-25-19)22-17-7-5-6-8-20(17)30-21-10-9-15(24)13-18(21)26-22/h5-10,13,16,19,25H,3-4,11-12,14H2,1-2H3. The summed E-state index contributed by atoms with van der Waals surface area (Å²) in [7, 11) is 0. The molecule has 0 saturated carbocycles. The third kappa shape index (κ3) is 4.16. The minimum absolute atomic E-state index is 0.0133. The lowest BCUT2D eigenvalue weighted by Gasteiger charge is -2.38. The highest BCUT2D eigenvalue weighted by molar-refractivity contribution is 6.31. The molecule has 2 heterocycles. The van der Waals surface area contributed by atoms with Crippen molar-refractivity contribution in [1.29, 1.82) is 0 Å². The predicted octanol–water partition coefficient (Wildman–Crippen LogP) is 4.39. The molecule has 158 valence electrons. The van der Waals surface area contributed by atoms with E-state index in [9.17, 15) is 4.79 Å². The minimum Gasteiger partial charge on any atom is -0.466 e. The first-order chi connectivity index (χ1) is 14.6. The van der Waals surface area contributed by atoms with E-state index < -0.39 is 0 Å². The van der Waals surface area contributed by atoms with Crippen molar-refractivity contribution in [3.05, 3.63) is 53.1 Å². The van der Waals surface area contributed by atoms with Gasteiger partial charge in [-0.15, -0.1) is 0 Å². The van der Waals surface area contributed by atoms with Crippen molar-refractivity contribution in [3.8, 4) is 11.5 Å². The number of hydrogen-bond donors (Lipinski definition) is 1. The summed E-state index contributed by atoms with van der Waals surface area (Å²) in [6.45, 7) is 6.43. The van der Waals surface area contributed by atoms with Crippen LogP contribution >= 0.6 is 11.6 Å². The maximum atomic E-state index is 12.5. The molecule has 0 amide bonds. The Morgan fingerprint density at radius 1 is 1.30 bits per heavy atom. The Balaban J connectivity index is 1.69. The van der Waals surface area contributed by atoms with Crippen LogP contribution in [-0.4, -0.2) is 49.0 Å². The first-order valence-electron chi connectivity index (χ1n) is 10.4. The second-order valence-electron chi connectivity index (χ2n) is 7.42. The van der Waals surface area contributed by atoms with E-state index in [4.69, 9.17) is 26.1 Å². The van der Waals surface area contributed by atoms with E-state index in [0.29, 0.717) is 29.6 Å². The van der Waals surface area contributed by atoms with Crippen molar-refractivity contribution in [2.75, 3.05) is 26.2 Å². The molecule has 1 N–H and O–H groups in total. The van der Waals surface area contributed by atoms with Gasteiger partial charge in [-0.1, -0.05) is 30.7 Å². The van der Waals surface area contributed by atoms with Crippen LogP contribution in [0.25, 0.3) is 0 Å². The number of benzene rings is 2. The summed E-state index contributed by atoms with van der Waals surface area (Å²) in [5.74, 6) is 1.91. The number of amidine groups is 1. The van der Waals surface area contributed by atoms with Gasteiger partial charge in [0.25, 0.3) is 0 Å². The second-order valence-corrected chi connectivity index (χ2v) is 7.86. The lowest BCUT2D eigenvalue weighted by atomic mass is 9.94. The number of nitrogens with one attached hydrogen (secondary N) is 1. The van der Waals surface area contributed by atoms with Gasteiger partial charge in [-0.25, -0.2) is 4.99 Å². The fourth-order valence-corrected chi connectivity index (χ4v) is 4.21. The highest BCUT2D eigenvalue weighted by atomic mass is 35.5. The molecule has 4 rings (SSSR count). The molecule has 0 spiro atoms. The van der Waals surface area contributed by atoms with Crippen LogP contribution in [0.1, 0.15) is 25.8 Å². The van der Waals surface area contributed by atoms with E-state index in [1.807, 2.05) is 50.2 Å². The van der Waals surface area contributed by atoms with Crippen molar-refractivity contribution in [3.63, 3.8) is 0 Å². The van der Waals surface area contributed by atoms with Gasteiger partial charge in [0.1, 0.15) is 17.3 Å². The molecule has 2 aliphatic heterocycles. The lowest BCUT2D eigenvalue weighted by Crippen LogP contribution is -2.56. The van der Waals surface area contributed by atoms with Crippen LogP contribution in [0.2, 0.25) is 5.02 Å². The number of para-hydroxylation sites is 1. The molecule has 2 atom stereocenters. The van der Waals surface area contributed by atoms with Crippen LogP contribution in [-0.2, 0) is 9.53 Å². The van der Waals surface area contributed by atoms with E-state index in [2.05, 4.69) is 10.2 Å². The number of halogens is 1. The third-order valence-electron chi connectivity index (χ3n) is 5.51. The van der Waals surface area contributed by atoms with Gasteiger partial charge in [0.15, 0.2) is 5.75 Å². The van der Waals surface area contributed by atoms with E-state index in [0.717, 1.165) is 36.7 Å². The maximum Gasteiger partial charge on any atom is 0.310 e. The molecule has 0 bridgehead atoms. The van der Waals surface area contributed by atoms with Crippen molar-refractivity contribution in [1.82, 2.24) is 10.2 Å². The van der Waals surface area contributed by atoms with E-state index in [1.165, 1.54) is 0 Å². The molecular weight excluding hydrogens is 402 g/mol. The van der Waals surface area contributed by atoms with E-state index >= 15 is 0 Å². The number of aliphatic imine (C=N–C) groups is 1. The van der Waals surface area contributed by atoms with Gasteiger partial charge < -0.3 is 19.7 Å². The molecule has 2 aromatic rings.